The zero-order chi connectivity index (χ0) is 7.84. The summed E-state index contributed by atoms with van der Waals surface area (Å²) in [5, 5.41) is 2.18. The van der Waals surface area contributed by atoms with Crippen LogP contribution in [0.25, 0.3) is 6.08 Å². The van der Waals surface area contributed by atoms with E-state index < -0.39 is 0 Å². The van der Waals surface area contributed by atoms with Gasteiger partial charge in [0.15, 0.2) is 0 Å². The van der Waals surface area contributed by atoms with Gasteiger partial charge in [-0.25, -0.2) is 0 Å². The lowest BCUT2D eigenvalue weighted by Crippen LogP contribution is -1.92. The van der Waals surface area contributed by atoms with Crippen molar-refractivity contribution >= 4 is 17.4 Å². The maximum absolute atomic E-state index is 2.35. The van der Waals surface area contributed by atoms with Gasteiger partial charge >= 0.3 is 0 Å². The molecule has 1 aromatic heterocycles. The number of hydrogen-bond acceptors (Lipinski definition) is 1. The van der Waals surface area contributed by atoms with Crippen LogP contribution < -0.4 is 0 Å². The van der Waals surface area contributed by atoms with E-state index in [1.807, 2.05) is 11.3 Å². The summed E-state index contributed by atoms with van der Waals surface area (Å²) in [6.07, 6.45) is 3.54. The van der Waals surface area contributed by atoms with Crippen LogP contribution in [0, 0.1) is 5.92 Å². The van der Waals surface area contributed by atoms with Crippen molar-refractivity contribution in [2.45, 2.75) is 20.3 Å². The second-order valence-corrected chi connectivity index (χ2v) is 4.31. The summed E-state index contributed by atoms with van der Waals surface area (Å²) in [7, 11) is 0. The zero-order valence-electron chi connectivity index (χ0n) is 6.92. The highest BCUT2D eigenvalue weighted by Crippen LogP contribution is 2.32. The summed E-state index contributed by atoms with van der Waals surface area (Å²) < 4.78 is 0. The lowest BCUT2D eigenvalue weighted by Gasteiger charge is -2.03. The molecule has 1 heterocycles. The molecule has 0 N–H and O–H groups in total. The molecule has 0 fully saturated rings. The Kier molecular flexibility index (Phi) is 1.61. The highest BCUT2D eigenvalue weighted by Gasteiger charge is 2.14. The Balaban J connectivity index is 2.31. The molecule has 11 heavy (non-hydrogen) atoms. The summed E-state index contributed by atoms with van der Waals surface area (Å²) in [5.74, 6) is 0.717. The maximum Gasteiger partial charge on any atom is 0.0305 e. The van der Waals surface area contributed by atoms with Crippen molar-refractivity contribution in [2.24, 2.45) is 5.92 Å². The minimum absolute atomic E-state index is 0.717. The van der Waals surface area contributed by atoms with Crippen LogP contribution in [0.2, 0.25) is 0 Å². The third kappa shape index (κ3) is 1.14. The van der Waals surface area contributed by atoms with Gasteiger partial charge in [0.25, 0.3) is 0 Å². The molecule has 0 saturated carbocycles. The normalized spacial score (nSPS) is 15.4. The van der Waals surface area contributed by atoms with Crippen molar-refractivity contribution in [2.75, 3.05) is 0 Å². The van der Waals surface area contributed by atoms with Crippen LogP contribution in [-0.4, -0.2) is 0 Å². The third-order valence-electron chi connectivity index (χ3n) is 2.23. The van der Waals surface area contributed by atoms with Crippen molar-refractivity contribution in [1.29, 1.82) is 0 Å². The Morgan fingerprint density at radius 3 is 2.91 bits per heavy atom. The Hall–Kier alpha value is -0.560. The van der Waals surface area contributed by atoms with E-state index in [1.165, 1.54) is 16.9 Å². The van der Waals surface area contributed by atoms with Crippen LogP contribution >= 0.6 is 11.3 Å². The number of thiophene rings is 1. The number of hydrogen-bond donors (Lipinski definition) is 0. The fraction of sp³-hybridized carbons (Fsp3) is 0.400. The van der Waals surface area contributed by atoms with Crippen LogP contribution in [0.1, 0.15) is 24.3 Å². The molecule has 58 valence electrons. The van der Waals surface area contributed by atoms with E-state index >= 15 is 0 Å². The predicted molar refractivity (Wildman–Crippen MR) is 50.8 cm³/mol. The van der Waals surface area contributed by atoms with Gasteiger partial charge in [-0.2, -0.15) is 0 Å². The highest BCUT2D eigenvalue weighted by molar-refractivity contribution is 7.11. The van der Waals surface area contributed by atoms with Gasteiger partial charge in [-0.15, -0.1) is 11.3 Å². The standard InChI is InChI=1S/C10H12S/c1-7(2)9-5-8-3-4-11-10(8)6-9/h3-4,6-7H,5H2,1-2H3. The fourth-order valence-corrected chi connectivity index (χ4v) is 2.32. The Labute approximate surface area is 71.6 Å². The first-order valence-electron chi connectivity index (χ1n) is 4.04. The fourth-order valence-electron chi connectivity index (χ4n) is 1.43. The molecule has 0 unspecified atom stereocenters. The van der Waals surface area contributed by atoms with Crippen molar-refractivity contribution < 1.29 is 0 Å². The Bertz CT molecular complexity index is 292. The van der Waals surface area contributed by atoms with E-state index in [2.05, 4.69) is 31.4 Å². The molecule has 0 spiro atoms. The molecule has 1 aliphatic carbocycles. The molecule has 0 saturated heterocycles. The first-order chi connectivity index (χ1) is 5.27. The van der Waals surface area contributed by atoms with E-state index in [9.17, 15) is 0 Å². The van der Waals surface area contributed by atoms with Crippen LogP contribution in [0.5, 0.6) is 0 Å². The van der Waals surface area contributed by atoms with Crippen molar-refractivity contribution in [1.82, 2.24) is 0 Å². The Morgan fingerprint density at radius 2 is 2.27 bits per heavy atom. The molecule has 0 nitrogen and oxygen atoms in total. The molecule has 0 aliphatic heterocycles. The van der Waals surface area contributed by atoms with E-state index in [4.69, 9.17) is 0 Å². The largest absolute Gasteiger partial charge is 0.144 e. The molecule has 0 amide bonds. The minimum Gasteiger partial charge on any atom is -0.144 e. The van der Waals surface area contributed by atoms with Crippen LogP contribution in [0.4, 0.5) is 0 Å². The lowest BCUT2D eigenvalue weighted by atomic mass is 10.0. The summed E-state index contributed by atoms with van der Waals surface area (Å²) in [6, 6.07) is 2.24. The topological polar surface area (TPSA) is 0 Å². The molecule has 0 bridgehead atoms. The first kappa shape index (κ1) is 7.11. The van der Waals surface area contributed by atoms with Gasteiger partial charge in [0.05, 0.1) is 0 Å². The van der Waals surface area contributed by atoms with Gasteiger partial charge in [0.2, 0.25) is 0 Å². The average molecular weight is 164 g/mol. The lowest BCUT2D eigenvalue weighted by molar-refractivity contribution is 0.755. The number of rotatable bonds is 1. The summed E-state index contributed by atoms with van der Waals surface area (Å²) >= 11 is 1.86. The van der Waals surface area contributed by atoms with E-state index in [0.717, 1.165) is 5.92 Å². The predicted octanol–water partition coefficient (Wildman–Crippen LogP) is 3.34. The number of allylic oxidation sites excluding steroid dienone is 1. The van der Waals surface area contributed by atoms with Crippen LogP contribution in [0.3, 0.4) is 0 Å². The molecular formula is C10H12S. The van der Waals surface area contributed by atoms with Gasteiger partial charge in [0, 0.05) is 4.88 Å². The van der Waals surface area contributed by atoms with E-state index in [1.54, 1.807) is 5.57 Å². The second-order valence-electron chi connectivity index (χ2n) is 3.36. The molecule has 1 aliphatic rings. The zero-order valence-corrected chi connectivity index (χ0v) is 7.74. The second kappa shape index (κ2) is 2.49. The molecule has 0 aromatic carbocycles. The quantitative estimate of drug-likeness (QED) is 0.597. The van der Waals surface area contributed by atoms with Crippen molar-refractivity contribution in [3.63, 3.8) is 0 Å². The van der Waals surface area contributed by atoms with E-state index in [0.29, 0.717) is 0 Å². The van der Waals surface area contributed by atoms with Gasteiger partial charge in [-0.1, -0.05) is 19.4 Å². The van der Waals surface area contributed by atoms with Gasteiger partial charge < -0.3 is 0 Å². The molecule has 2 rings (SSSR count). The summed E-state index contributed by atoms with van der Waals surface area (Å²) in [6.45, 7) is 4.53. The average Bonchev–Trinajstić information content (AvgIpc) is 2.40. The van der Waals surface area contributed by atoms with Crippen LogP contribution in [-0.2, 0) is 6.42 Å². The van der Waals surface area contributed by atoms with Crippen LogP contribution in [0.15, 0.2) is 17.0 Å². The SMILES string of the molecule is CC(C)C1=Cc2sccc2C1. The van der Waals surface area contributed by atoms with Crippen molar-refractivity contribution in [3.8, 4) is 0 Å². The molecule has 1 heteroatoms. The van der Waals surface area contributed by atoms with E-state index in [-0.39, 0.29) is 0 Å². The summed E-state index contributed by atoms with van der Waals surface area (Å²) in [4.78, 5) is 1.48. The Morgan fingerprint density at radius 1 is 1.45 bits per heavy atom. The minimum atomic E-state index is 0.717. The van der Waals surface area contributed by atoms with Gasteiger partial charge in [0.1, 0.15) is 0 Å². The molecule has 1 aromatic rings. The molecule has 0 radical (unpaired) electrons. The monoisotopic (exact) mass is 164 g/mol. The molecule has 0 atom stereocenters. The first-order valence-corrected chi connectivity index (χ1v) is 4.92. The van der Waals surface area contributed by atoms with Gasteiger partial charge in [-0.05, 0) is 35.4 Å². The number of fused-ring (bicyclic) bond motifs is 1. The molecular weight excluding hydrogens is 152 g/mol. The van der Waals surface area contributed by atoms with Gasteiger partial charge in [-0.3, -0.25) is 0 Å². The summed E-state index contributed by atoms with van der Waals surface area (Å²) in [5.41, 5.74) is 3.12. The highest BCUT2D eigenvalue weighted by atomic mass is 32.1. The maximum atomic E-state index is 2.35. The van der Waals surface area contributed by atoms with Crippen molar-refractivity contribution in [3.05, 3.63) is 27.5 Å². The third-order valence-corrected chi connectivity index (χ3v) is 3.14. The smallest absolute Gasteiger partial charge is 0.0305 e.